The number of nitriles is 1. The summed E-state index contributed by atoms with van der Waals surface area (Å²) in [4.78, 5) is 23.8. The van der Waals surface area contributed by atoms with Crippen molar-refractivity contribution in [2.45, 2.75) is 38.0 Å². The predicted molar refractivity (Wildman–Crippen MR) is 101 cm³/mol. The van der Waals surface area contributed by atoms with E-state index in [0.29, 0.717) is 24.7 Å². The average molecular weight is 359 g/mol. The van der Waals surface area contributed by atoms with E-state index in [1.165, 1.54) is 12.8 Å². The second kappa shape index (κ2) is 6.05. The van der Waals surface area contributed by atoms with Gasteiger partial charge in [0.2, 0.25) is 5.91 Å². The molecule has 0 radical (unpaired) electrons. The molecule has 2 aromatic rings. The van der Waals surface area contributed by atoms with Crippen LogP contribution < -0.4 is 10.2 Å². The number of nitrogens with zero attached hydrogens (tertiary/aromatic N) is 4. The Kier molecular flexibility index (Phi) is 3.64. The first kappa shape index (κ1) is 16.2. The third-order valence-corrected chi connectivity index (χ3v) is 5.91. The number of carbonyl (C=O) groups excluding carboxylic acids is 1. The fourth-order valence-corrected chi connectivity index (χ4v) is 4.05. The predicted octanol–water partition coefficient (Wildman–Crippen LogP) is 3.75. The maximum atomic E-state index is 13.0. The molecular weight excluding hydrogens is 338 g/mol. The number of aromatic nitrogens is 2. The number of rotatable bonds is 5. The fraction of sp³-hybridized carbons (Fsp3) is 0.429. The van der Waals surface area contributed by atoms with Crippen molar-refractivity contribution < 1.29 is 4.79 Å². The summed E-state index contributed by atoms with van der Waals surface area (Å²) >= 11 is 0. The summed E-state index contributed by atoms with van der Waals surface area (Å²) < 4.78 is 0. The zero-order valence-corrected chi connectivity index (χ0v) is 15.1. The van der Waals surface area contributed by atoms with E-state index in [9.17, 15) is 10.1 Å². The van der Waals surface area contributed by atoms with E-state index in [1.807, 2.05) is 24.3 Å². The summed E-state index contributed by atoms with van der Waals surface area (Å²) in [6.07, 6.45) is 6.70. The van der Waals surface area contributed by atoms with Gasteiger partial charge in [-0.2, -0.15) is 5.26 Å². The Balaban J connectivity index is 1.37. The van der Waals surface area contributed by atoms with Crippen LogP contribution in [0.4, 0.5) is 17.3 Å². The molecule has 2 aliphatic carbocycles. The summed E-state index contributed by atoms with van der Waals surface area (Å²) in [7, 11) is 0. The first-order chi connectivity index (χ1) is 13.2. The van der Waals surface area contributed by atoms with Gasteiger partial charge in [0.25, 0.3) is 0 Å². The van der Waals surface area contributed by atoms with Crippen LogP contribution >= 0.6 is 0 Å². The van der Waals surface area contributed by atoms with Crippen molar-refractivity contribution in [3.05, 3.63) is 42.2 Å². The van der Waals surface area contributed by atoms with Gasteiger partial charge >= 0.3 is 0 Å². The van der Waals surface area contributed by atoms with Crippen molar-refractivity contribution in [2.24, 2.45) is 11.3 Å². The molecule has 27 heavy (non-hydrogen) atoms. The summed E-state index contributed by atoms with van der Waals surface area (Å²) in [6, 6.07) is 12.0. The number of nitrogens with one attached hydrogen (secondary N) is 1. The second-order valence-corrected chi connectivity index (χ2v) is 7.81. The van der Waals surface area contributed by atoms with Gasteiger partial charge in [0.15, 0.2) is 0 Å². The molecular formula is C21H21N5O. The molecule has 1 saturated heterocycles. The van der Waals surface area contributed by atoms with Crippen LogP contribution in [-0.4, -0.2) is 22.4 Å². The molecule has 3 heterocycles. The molecule has 0 bridgehead atoms. The van der Waals surface area contributed by atoms with Crippen LogP contribution in [0.5, 0.6) is 0 Å². The maximum absolute atomic E-state index is 13.0. The molecule has 6 heteroatoms. The molecule has 6 nitrogen and oxygen atoms in total. The van der Waals surface area contributed by atoms with Gasteiger partial charge in [0, 0.05) is 36.1 Å². The standard InChI is InChI=1S/C21H21N5O/c22-13-21(15-6-7-15)9-11-26(20(21)27)16-8-10-23-19(12-16)25-18-3-1-2-17(24-18)14-4-5-14/h1-3,8,10,12,14-15H,4-7,9,11H2,(H,23,24,25)/t21-/m1/s1. The molecule has 1 atom stereocenters. The van der Waals surface area contributed by atoms with E-state index in [4.69, 9.17) is 0 Å². The van der Waals surface area contributed by atoms with Gasteiger partial charge in [0.05, 0.1) is 6.07 Å². The molecule has 3 fully saturated rings. The van der Waals surface area contributed by atoms with E-state index in [0.717, 1.165) is 30.0 Å². The van der Waals surface area contributed by atoms with Crippen LogP contribution in [0.15, 0.2) is 36.5 Å². The smallest absolute Gasteiger partial charge is 0.247 e. The molecule has 0 unspecified atom stereocenters. The average Bonchev–Trinajstić information content (AvgIpc) is 3.60. The van der Waals surface area contributed by atoms with Gasteiger partial charge in [-0.25, -0.2) is 9.97 Å². The summed E-state index contributed by atoms with van der Waals surface area (Å²) in [5.41, 5.74) is 1.08. The van der Waals surface area contributed by atoms with Gasteiger partial charge in [-0.15, -0.1) is 0 Å². The zero-order valence-electron chi connectivity index (χ0n) is 15.1. The number of hydrogen-bond donors (Lipinski definition) is 1. The molecule has 1 aliphatic heterocycles. The molecule has 2 saturated carbocycles. The van der Waals surface area contributed by atoms with Gasteiger partial charge in [-0.05, 0) is 56.2 Å². The minimum absolute atomic E-state index is 0.0569. The van der Waals surface area contributed by atoms with Crippen molar-refractivity contribution in [2.75, 3.05) is 16.8 Å². The summed E-state index contributed by atoms with van der Waals surface area (Å²) in [6.45, 7) is 0.585. The third kappa shape index (κ3) is 2.84. The Bertz CT molecular complexity index is 944. The van der Waals surface area contributed by atoms with Crippen molar-refractivity contribution in [1.82, 2.24) is 9.97 Å². The van der Waals surface area contributed by atoms with Gasteiger partial charge in [-0.3, -0.25) is 4.79 Å². The maximum Gasteiger partial charge on any atom is 0.247 e. The molecule has 0 aromatic carbocycles. The van der Waals surface area contributed by atoms with Crippen LogP contribution in [0.25, 0.3) is 0 Å². The first-order valence-electron chi connectivity index (χ1n) is 9.63. The van der Waals surface area contributed by atoms with Crippen LogP contribution in [0.3, 0.4) is 0 Å². The van der Waals surface area contributed by atoms with Crippen LogP contribution in [0.2, 0.25) is 0 Å². The molecule has 3 aliphatic rings. The van der Waals surface area contributed by atoms with Gasteiger partial charge in [0.1, 0.15) is 17.1 Å². The molecule has 5 rings (SSSR count). The summed E-state index contributed by atoms with van der Waals surface area (Å²) in [5.74, 6) is 2.19. The van der Waals surface area contributed by atoms with Crippen molar-refractivity contribution in [3.8, 4) is 6.07 Å². The minimum atomic E-state index is -0.822. The quantitative estimate of drug-likeness (QED) is 0.879. The van der Waals surface area contributed by atoms with E-state index in [-0.39, 0.29) is 11.8 Å². The lowest BCUT2D eigenvalue weighted by Crippen LogP contribution is -2.35. The van der Waals surface area contributed by atoms with E-state index < -0.39 is 5.41 Å². The first-order valence-corrected chi connectivity index (χ1v) is 9.63. The SMILES string of the molecule is N#C[C@@]1(C2CC2)CCN(c2ccnc(Nc3cccc(C4CC4)n3)c2)C1=O. The Hall–Kier alpha value is -2.94. The second-order valence-electron chi connectivity index (χ2n) is 7.81. The topological polar surface area (TPSA) is 81.9 Å². The van der Waals surface area contributed by atoms with Gasteiger partial charge < -0.3 is 10.2 Å². The largest absolute Gasteiger partial charge is 0.325 e. The Labute approximate surface area is 158 Å². The number of pyridine rings is 2. The summed E-state index contributed by atoms with van der Waals surface area (Å²) in [5, 5.41) is 12.9. The number of amides is 1. The molecule has 136 valence electrons. The van der Waals surface area contributed by atoms with Crippen LogP contribution in [-0.2, 0) is 4.79 Å². The molecule has 1 amide bonds. The van der Waals surface area contributed by atoms with E-state index >= 15 is 0 Å². The zero-order chi connectivity index (χ0) is 18.4. The van der Waals surface area contributed by atoms with Crippen molar-refractivity contribution >= 4 is 23.2 Å². The number of hydrogen-bond acceptors (Lipinski definition) is 5. The van der Waals surface area contributed by atoms with Gasteiger partial charge in [-0.1, -0.05) is 6.07 Å². The van der Waals surface area contributed by atoms with Crippen molar-refractivity contribution in [3.63, 3.8) is 0 Å². The number of carbonyl (C=O) groups is 1. The highest BCUT2D eigenvalue weighted by atomic mass is 16.2. The van der Waals surface area contributed by atoms with Crippen LogP contribution in [0.1, 0.15) is 43.7 Å². The molecule has 1 N–H and O–H groups in total. The minimum Gasteiger partial charge on any atom is -0.325 e. The lowest BCUT2D eigenvalue weighted by Gasteiger charge is -2.21. The van der Waals surface area contributed by atoms with Crippen LogP contribution in [0, 0.1) is 22.7 Å². The molecule has 2 aromatic heterocycles. The van der Waals surface area contributed by atoms with E-state index in [1.54, 1.807) is 11.1 Å². The number of anilines is 3. The lowest BCUT2D eigenvalue weighted by molar-refractivity contribution is -0.123. The highest BCUT2D eigenvalue weighted by molar-refractivity contribution is 6.02. The monoisotopic (exact) mass is 359 g/mol. The third-order valence-electron chi connectivity index (χ3n) is 5.91. The highest BCUT2D eigenvalue weighted by Crippen LogP contribution is 2.52. The molecule has 0 spiro atoms. The lowest BCUT2D eigenvalue weighted by atomic mass is 9.83. The Morgan fingerprint density at radius 1 is 1.19 bits per heavy atom. The Morgan fingerprint density at radius 3 is 2.78 bits per heavy atom. The highest BCUT2D eigenvalue weighted by Gasteiger charge is 2.56. The normalized spacial score (nSPS) is 24.7. The van der Waals surface area contributed by atoms with E-state index in [2.05, 4.69) is 27.4 Å². The van der Waals surface area contributed by atoms with Crippen molar-refractivity contribution in [1.29, 1.82) is 5.26 Å². The fourth-order valence-electron chi connectivity index (χ4n) is 4.05. The Morgan fingerprint density at radius 2 is 2.04 bits per heavy atom.